The number of aromatic nitrogens is 6. The molecule has 0 amide bonds. The van der Waals surface area contributed by atoms with Crippen LogP contribution >= 0.6 is 0 Å². The standard InChI is InChI=1S/C30H22N12O4.2C2HF3O2/c43-23(44)15-7-9-17-19(13-15)35-25(33-17)37-27-39-29(21-5-1-3-11-31-21)30(41-27,22-6-2-4-12-32-22)42-28(40-29)38-26-34-18-10-8-16(24(45)46)14-20(18)36-26;2*3-2(4,5)1(6)7/h1-14H,(H,43,44)(H,45,46)(H3,33,35,37,39,41)(H3,34,36,38,40,42);2*(H,6,7). The molecule has 0 bridgehead atoms. The first kappa shape index (κ1) is 41.3. The van der Waals surface area contributed by atoms with Crippen LogP contribution in [0.5, 0.6) is 0 Å². The fourth-order valence-corrected chi connectivity index (χ4v) is 5.70. The van der Waals surface area contributed by atoms with Gasteiger partial charge in [-0.05, 0) is 60.7 Å². The molecule has 60 heavy (non-hydrogen) atoms. The number of pyridine rings is 2. The zero-order valence-electron chi connectivity index (χ0n) is 29.5. The molecule has 0 atom stereocenters. The van der Waals surface area contributed by atoms with Crippen LogP contribution in [0.1, 0.15) is 32.1 Å². The largest absolute Gasteiger partial charge is 0.490 e. The topological polar surface area (TPSA) is 305 Å². The van der Waals surface area contributed by atoms with Crippen molar-refractivity contribution in [3.8, 4) is 0 Å². The summed E-state index contributed by atoms with van der Waals surface area (Å²) in [6.45, 7) is 0. The molecule has 10 N–H and O–H groups in total. The van der Waals surface area contributed by atoms with Crippen LogP contribution in [0.15, 0.2) is 95.2 Å². The molecule has 8 rings (SSSR count). The van der Waals surface area contributed by atoms with Crippen LogP contribution in [0.4, 0.5) is 38.2 Å². The molecule has 2 fully saturated rings. The van der Waals surface area contributed by atoms with Crippen LogP contribution in [0, 0.1) is 0 Å². The van der Waals surface area contributed by atoms with E-state index in [4.69, 9.17) is 29.8 Å². The van der Waals surface area contributed by atoms with Crippen LogP contribution in [-0.4, -0.2) is 98.5 Å². The molecule has 0 saturated carbocycles. The van der Waals surface area contributed by atoms with Gasteiger partial charge in [0, 0.05) is 12.4 Å². The van der Waals surface area contributed by atoms with E-state index in [0.717, 1.165) is 0 Å². The maximum atomic E-state index is 11.5. The summed E-state index contributed by atoms with van der Waals surface area (Å²) in [4.78, 5) is 74.6. The molecule has 2 saturated heterocycles. The average Bonchev–Trinajstić information content (AvgIpc) is 3.93. The number of H-pyrrole nitrogens is 2. The van der Waals surface area contributed by atoms with Gasteiger partial charge in [0.25, 0.3) is 0 Å². The first-order valence-electron chi connectivity index (χ1n) is 16.4. The number of rotatable bonds is 6. The quantitative estimate of drug-likeness (QED) is 0.107. The van der Waals surface area contributed by atoms with Crippen molar-refractivity contribution >= 4 is 69.8 Å². The van der Waals surface area contributed by atoms with E-state index < -0.39 is 47.6 Å². The Balaban J connectivity index is 0.000000373. The first-order valence-corrected chi connectivity index (χ1v) is 16.4. The number of aromatic amines is 2. The van der Waals surface area contributed by atoms with Gasteiger partial charge in [-0.25, -0.2) is 29.1 Å². The summed E-state index contributed by atoms with van der Waals surface area (Å²) in [6.07, 6.45) is -6.83. The van der Waals surface area contributed by atoms with Crippen molar-refractivity contribution < 1.29 is 65.9 Å². The molecule has 0 unspecified atom stereocenters. The van der Waals surface area contributed by atoms with Gasteiger partial charge < -0.3 is 51.7 Å². The van der Waals surface area contributed by atoms with E-state index in [1.165, 1.54) is 24.3 Å². The normalized spacial score (nSPS) is 18.0. The highest BCUT2D eigenvalue weighted by Crippen LogP contribution is 2.42. The number of fused-ring (bicyclic) bond motifs is 3. The number of aromatic carboxylic acids is 2. The van der Waals surface area contributed by atoms with Gasteiger partial charge in [0.15, 0.2) is 0 Å². The van der Waals surface area contributed by atoms with Gasteiger partial charge in [0.05, 0.1) is 44.6 Å². The number of hydrogen-bond donors (Lipinski definition) is 10. The molecule has 2 aromatic carbocycles. The van der Waals surface area contributed by atoms with Gasteiger partial charge in [-0.15, -0.1) is 0 Å². The second-order valence-corrected chi connectivity index (χ2v) is 12.2. The summed E-state index contributed by atoms with van der Waals surface area (Å²) < 4.78 is 63.5. The van der Waals surface area contributed by atoms with E-state index in [1.807, 2.05) is 24.3 Å². The Hall–Kier alpha value is -8.32. The minimum Gasteiger partial charge on any atom is -0.478 e. The third kappa shape index (κ3) is 8.36. The Kier molecular flexibility index (Phi) is 10.7. The van der Waals surface area contributed by atoms with Crippen molar-refractivity contribution in [1.29, 1.82) is 0 Å². The number of carboxylic acids is 4. The molecular formula is C34H24F6N12O8. The molecule has 6 aromatic rings. The number of imidazole rings is 2. The average molecular weight is 843 g/mol. The predicted molar refractivity (Wildman–Crippen MR) is 192 cm³/mol. The van der Waals surface area contributed by atoms with Gasteiger partial charge in [-0.3, -0.25) is 9.97 Å². The zero-order valence-corrected chi connectivity index (χ0v) is 29.5. The Morgan fingerprint density at radius 1 is 0.550 bits per heavy atom. The van der Waals surface area contributed by atoms with Crippen molar-refractivity contribution in [2.45, 2.75) is 23.7 Å². The number of guanidine groups is 2. The van der Waals surface area contributed by atoms with Gasteiger partial charge in [0.2, 0.25) is 35.1 Å². The lowest BCUT2D eigenvalue weighted by atomic mass is 9.88. The number of aliphatic imine (C=N–C) groups is 2. The van der Waals surface area contributed by atoms with Crippen LogP contribution in [0.25, 0.3) is 22.1 Å². The molecule has 0 radical (unpaired) electrons. The van der Waals surface area contributed by atoms with E-state index in [0.29, 0.717) is 45.4 Å². The number of hydrogen-bond acceptors (Lipinski definition) is 10. The Labute approximate surface area is 328 Å². The van der Waals surface area contributed by atoms with E-state index in [-0.39, 0.29) is 23.0 Å². The molecule has 310 valence electrons. The third-order valence-electron chi connectivity index (χ3n) is 8.24. The van der Waals surface area contributed by atoms with E-state index in [9.17, 15) is 46.1 Å². The molecule has 0 aliphatic carbocycles. The zero-order chi connectivity index (χ0) is 43.6. The Morgan fingerprint density at radius 3 is 1.18 bits per heavy atom. The van der Waals surface area contributed by atoms with E-state index in [1.54, 1.807) is 36.7 Å². The van der Waals surface area contributed by atoms with Crippen molar-refractivity contribution in [3.05, 3.63) is 108 Å². The number of nitrogens with one attached hydrogen (secondary N) is 6. The number of carbonyl (C=O) groups is 4. The van der Waals surface area contributed by atoms with Gasteiger partial charge >= 0.3 is 36.2 Å². The van der Waals surface area contributed by atoms with E-state index in [2.05, 4.69) is 51.2 Å². The number of nitrogens with zero attached hydrogens (tertiary/aromatic N) is 6. The molecule has 20 nitrogen and oxygen atoms in total. The summed E-state index contributed by atoms with van der Waals surface area (Å²) >= 11 is 0. The van der Waals surface area contributed by atoms with Crippen molar-refractivity contribution in [2.24, 2.45) is 9.98 Å². The van der Waals surface area contributed by atoms with Crippen LogP contribution in [0.2, 0.25) is 0 Å². The molecule has 2 aliphatic rings. The smallest absolute Gasteiger partial charge is 0.478 e. The first-order chi connectivity index (χ1) is 28.2. The molecule has 4 aromatic heterocycles. The maximum absolute atomic E-state index is 11.5. The fourth-order valence-electron chi connectivity index (χ4n) is 5.70. The minimum atomic E-state index is -5.08. The SMILES string of the molecule is O=C(O)C(F)(F)F.O=C(O)C(F)(F)F.O=C(O)c1ccc2[nH]c(N=C3NC4(c5ccccn5)NC(=Nc5nc6cc(C(=O)O)ccc6[nH]5)NC4(c4ccccn4)N3)nc2c1. The molecular weight excluding hydrogens is 818 g/mol. The number of alkyl halides is 6. The number of carboxylic acid groups (broad SMARTS) is 4. The lowest BCUT2D eigenvalue weighted by molar-refractivity contribution is -0.193. The Morgan fingerprint density at radius 2 is 0.900 bits per heavy atom. The maximum Gasteiger partial charge on any atom is 0.490 e. The summed E-state index contributed by atoms with van der Waals surface area (Å²) in [5.74, 6) is -6.55. The number of halogens is 6. The van der Waals surface area contributed by atoms with Crippen molar-refractivity contribution in [2.75, 3.05) is 0 Å². The predicted octanol–water partition coefficient (Wildman–Crippen LogP) is 3.66. The van der Waals surface area contributed by atoms with Crippen LogP contribution in [0.3, 0.4) is 0 Å². The summed E-state index contributed by atoms with van der Waals surface area (Å²) in [5.41, 5.74) is 1.01. The highest BCUT2D eigenvalue weighted by Gasteiger charge is 2.67. The summed E-state index contributed by atoms with van der Waals surface area (Å²) in [6, 6.07) is 20.2. The van der Waals surface area contributed by atoms with Crippen LogP contribution in [-0.2, 0) is 20.9 Å². The monoisotopic (exact) mass is 842 g/mol. The number of aliphatic carboxylic acids is 2. The summed E-state index contributed by atoms with van der Waals surface area (Å²) in [5, 5.41) is 46.8. The lowest BCUT2D eigenvalue weighted by Gasteiger charge is -2.36. The fraction of sp³-hybridized carbons (Fsp3) is 0.118. The molecule has 2 aliphatic heterocycles. The second kappa shape index (κ2) is 15.6. The number of benzene rings is 2. The minimum absolute atomic E-state index is 0.111. The van der Waals surface area contributed by atoms with Gasteiger partial charge in [-0.1, -0.05) is 12.1 Å². The molecule has 6 heterocycles. The second-order valence-electron chi connectivity index (χ2n) is 12.2. The third-order valence-corrected chi connectivity index (χ3v) is 8.24. The van der Waals surface area contributed by atoms with Gasteiger partial charge in [0.1, 0.15) is 0 Å². The highest BCUT2D eigenvalue weighted by molar-refractivity contribution is 5.97. The van der Waals surface area contributed by atoms with E-state index >= 15 is 0 Å². The Bertz CT molecular complexity index is 2490. The van der Waals surface area contributed by atoms with Crippen LogP contribution < -0.4 is 21.3 Å². The molecule has 26 heteroatoms. The van der Waals surface area contributed by atoms with Gasteiger partial charge in [-0.2, -0.15) is 36.3 Å². The lowest BCUT2D eigenvalue weighted by Crippen LogP contribution is -2.61. The van der Waals surface area contributed by atoms with Crippen molar-refractivity contribution in [1.82, 2.24) is 51.2 Å². The van der Waals surface area contributed by atoms with Crippen molar-refractivity contribution in [3.63, 3.8) is 0 Å². The summed E-state index contributed by atoms with van der Waals surface area (Å²) in [7, 11) is 0. The highest BCUT2D eigenvalue weighted by atomic mass is 19.4. The molecule has 0 spiro atoms.